The van der Waals surface area contributed by atoms with Crippen LogP contribution in [0.4, 0.5) is 4.39 Å². The molecule has 0 bridgehead atoms. The molecule has 148 valence electrons. The Bertz CT molecular complexity index is 870. The second-order valence-electron chi connectivity index (χ2n) is 6.48. The van der Waals surface area contributed by atoms with E-state index in [-0.39, 0.29) is 30.0 Å². The van der Waals surface area contributed by atoms with Crippen LogP contribution in [0, 0.1) is 5.82 Å². The lowest BCUT2D eigenvalue weighted by molar-refractivity contribution is -0.124. The number of piperidine rings is 1. The topological polar surface area (TPSA) is 58.6 Å². The monoisotopic (exact) mass is 424 g/mol. The number of amides is 2. The summed E-state index contributed by atoms with van der Waals surface area (Å²) in [5.74, 6) is -0.749. The molecule has 1 N–H and O–H groups in total. The number of likely N-dealkylation sites (tertiary alicyclic amines) is 1. The third kappa shape index (κ3) is 5.14. The minimum Gasteiger partial charge on any atom is -0.482 e. The molecule has 1 aliphatic rings. The molecule has 3 rings (SSSR count). The lowest BCUT2D eigenvalue weighted by Gasteiger charge is -2.32. The highest BCUT2D eigenvalue weighted by atomic mass is 35.5. The molecule has 5 nitrogen and oxygen atoms in total. The molecule has 1 fully saturated rings. The summed E-state index contributed by atoms with van der Waals surface area (Å²) >= 11 is 11.8. The maximum absolute atomic E-state index is 13.8. The standard InChI is InChI=1S/C20H19Cl2FN2O3/c21-13-5-6-18(16(22)11-13)28-12-19(26)24-14-7-9-25(10-8-14)20(27)15-3-1-2-4-17(15)23/h1-6,11,14H,7-10,12H2,(H,24,26). The normalized spacial score (nSPS) is 14.6. The molecular formula is C20H19Cl2FN2O3. The predicted molar refractivity (Wildman–Crippen MR) is 105 cm³/mol. The highest BCUT2D eigenvalue weighted by molar-refractivity contribution is 6.35. The molecule has 28 heavy (non-hydrogen) atoms. The molecule has 2 amide bonds. The Morgan fingerprint density at radius 1 is 1.14 bits per heavy atom. The van der Waals surface area contributed by atoms with Crippen molar-refractivity contribution in [3.05, 3.63) is 63.9 Å². The summed E-state index contributed by atoms with van der Waals surface area (Å²) in [7, 11) is 0. The maximum Gasteiger partial charge on any atom is 0.258 e. The van der Waals surface area contributed by atoms with E-state index in [0.29, 0.717) is 41.7 Å². The fraction of sp³-hybridized carbons (Fsp3) is 0.300. The van der Waals surface area contributed by atoms with Crippen LogP contribution >= 0.6 is 23.2 Å². The van der Waals surface area contributed by atoms with Gasteiger partial charge in [0.15, 0.2) is 6.61 Å². The average molecular weight is 425 g/mol. The van der Waals surface area contributed by atoms with Crippen LogP contribution in [0.5, 0.6) is 5.75 Å². The smallest absolute Gasteiger partial charge is 0.258 e. The number of ether oxygens (including phenoxy) is 1. The lowest BCUT2D eigenvalue weighted by atomic mass is 10.0. The Balaban J connectivity index is 1.45. The molecule has 0 radical (unpaired) electrons. The molecule has 8 heteroatoms. The number of carbonyl (C=O) groups excluding carboxylic acids is 2. The number of benzene rings is 2. The first kappa shape index (κ1) is 20.4. The van der Waals surface area contributed by atoms with Gasteiger partial charge in [0.05, 0.1) is 10.6 Å². The summed E-state index contributed by atoms with van der Waals surface area (Å²) in [5.41, 5.74) is 0.0678. The summed E-state index contributed by atoms with van der Waals surface area (Å²) < 4.78 is 19.2. The van der Waals surface area contributed by atoms with Gasteiger partial charge in [-0.1, -0.05) is 35.3 Å². The van der Waals surface area contributed by atoms with Crippen LogP contribution in [-0.4, -0.2) is 42.5 Å². The summed E-state index contributed by atoms with van der Waals surface area (Å²) in [6.45, 7) is 0.722. The molecule has 0 unspecified atom stereocenters. The van der Waals surface area contributed by atoms with Gasteiger partial charge in [-0.05, 0) is 43.2 Å². The van der Waals surface area contributed by atoms with Gasteiger partial charge in [-0.25, -0.2) is 4.39 Å². The molecule has 2 aromatic carbocycles. The van der Waals surface area contributed by atoms with Crippen molar-refractivity contribution in [3.63, 3.8) is 0 Å². The highest BCUT2D eigenvalue weighted by Gasteiger charge is 2.26. The second kappa shape index (κ2) is 9.26. The number of nitrogens with one attached hydrogen (secondary N) is 1. The van der Waals surface area contributed by atoms with Gasteiger partial charge in [0.1, 0.15) is 11.6 Å². The number of hydrogen-bond donors (Lipinski definition) is 1. The first-order valence-electron chi connectivity index (χ1n) is 8.85. The first-order valence-corrected chi connectivity index (χ1v) is 9.60. The van der Waals surface area contributed by atoms with E-state index >= 15 is 0 Å². The van der Waals surface area contributed by atoms with E-state index in [0.717, 1.165) is 0 Å². The molecule has 1 aliphatic heterocycles. The SMILES string of the molecule is O=C(COc1ccc(Cl)cc1Cl)NC1CCN(C(=O)c2ccccc2F)CC1. The molecule has 1 heterocycles. The highest BCUT2D eigenvalue weighted by Crippen LogP contribution is 2.27. The van der Waals surface area contributed by atoms with Crippen molar-refractivity contribution in [3.8, 4) is 5.75 Å². The molecule has 0 aromatic heterocycles. The van der Waals surface area contributed by atoms with Crippen LogP contribution in [0.3, 0.4) is 0 Å². The van der Waals surface area contributed by atoms with Crippen molar-refractivity contribution >= 4 is 35.0 Å². The molecule has 0 spiro atoms. The van der Waals surface area contributed by atoms with Crippen LogP contribution in [0.25, 0.3) is 0 Å². The van der Waals surface area contributed by atoms with Gasteiger partial charge in [-0.15, -0.1) is 0 Å². The number of nitrogens with zero attached hydrogens (tertiary/aromatic N) is 1. The van der Waals surface area contributed by atoms with E-state index in [9.17, 15) is 14.0 Å². The Labute approximate surface area is 172 Å². The van der Waals surface area contributed by atoms with Gasteiger partial charge in [-0.3, -0.25) is 9.59 Å². The van der Waals surface area contributed by atoms with E-state index < -0.39 is 5.82 Å². The van der Waals surface area contributed by atoms with Gasteiger partial charge >= 0.3 is 0 Å². The van der Waals surface area contributed by atoms with Gasteiger partial charge in [0.2, 0.25) is 0 Å². The van der Waals surface area contributed by atoms with E-state index in [1.165, 1.54) is 12.1 Å². The van der Waals surface area contributed by atoms with Crippen LogP contribution in [0.2, 0.25) is 10.0 Å². The van der Waals surface area contributed by atoms with Crippen molar-refractivity contribution in [2.45, 2.75) is 18.9 Å². The molecule has 0 saturated carbocycles. The summed E-state index contributed by atoms with van der Waals surface area (Å²) in [6.07, 6.45) is 1.18. The largest absolute Gasteiger partial charge is 0.482 e. The molecule has 0 aliphatic carbocycles. The Hall–Kier alpha value is -2.31. The maximum atomic E-state index is 13.8. The average Bonchev–Trinajstić information content (AvgIpc) is 2.68. The van der Waals surface area contributed by atoms with Gasteiger partial charge < -0.3 is 15.0 Å². The minimum absolute atomic E-state index is 0.0678. The van der Waals surface area contributed by atoms with E-state index in [2.05, 4.69) is 5.32 Å². The number of hydrogen-bond acceptors (Lipinski definition) is 3. The minimum atomic E-state index is -0.527. The van der Waals surface area contributed by atoms with E-state index in [1.54, 1.807) is 35.2 Å². The number of carbonyl (C=O) groups is 2. The van der Waals surface area contributed by atoms with E-state index in [4.69, 9.17) is 27.9 Å². The zero-order chi connectivity index (χ0) is 20.1. The van der Waals surface area contributed by atoms with Gasteiger partial charge in [0, 0.05) is 24.2 Å². The zero-order valence-corrected chi connectivity index (χ0v) is 16.5. The summed E-state index contributed by atoms with van der Waals surface area (Å²) in [5, 5.41) is 3.70. The fourth-order valence-corrected chi connectivity index (χ4v) is 3.50. The second-order valence-corrected chi connectivity index (χ2v) is 7.32. The van der Waals surface area contributed by atoms with E-state index in [1.807, 2.05) is 0 Å². The zero-order valence-electron chi connectivity index (χ0n) is 15.0. The van der Waals surface area contributed by atoms with Crippen molar-refractivity contribution in [1.29, 1.82) is 0 Å². The number of halogens is 3. The quantitative estimate of drug-likeness (QED) is 0.790. The van der Waals surface area contributed by atoms with Crippen LogP contribution in [0.15, 0.2) is 42.5 Å². The summed E-state index contributed by atoms with van der Waals surface area (Å²) in [6, 6.07) is 10.6. The third-order valence-corrected chi connectivity index (χ3v) is 5.03. The predicted octanol–water partition coefficient (Wildman–Crippen LogP) is 3.93. The van der Waals surface area contributed by atoms with Crippen molar-refractivity contribution in [2.75, 3.05) is 19.7 Å². The summed E-state index contributed by atoms with van der Waals surface area (Å²) in [4.78, 5) is 26.1. The van der Waals surface area contributed by atoms with Gasteiger partial charge in [-0.2, -0.15) is 0 Å². The molecule has 2 aromatic rings. The van der Waals surface area contributed by atoms with Crippen LogP contribution < -0.4 is 10.1 Å². The Morgan fingerprint density at radius 3 is 2.54 bits per heavy atom. The molecule has 0 atom stereocenters. The van der Waals surface area contributed by atoms with Crippen LogP contribution in [-0.2, 0) is 4.79 Å². The van der Waals surface area contributed by atoms with Crippen molar-refractivity contribution < 1.29 is 18.7 Å². The third-order valence-electron chi connectivity index (χ3n) is 4.50. The molecule has 1 saturated heterocycles. The van der Waals surface area contributed by atoms with Crippen molar-refractivity contribution in [1.82, 2.24) is 10.2 Å². The first-order chi connectivity index (χ1) is 13.4. The Kier molecular flexibility index (Phi) is 6.75. The Morgan fingerprint density at radius 2 is 1.86 bits per heavy atom. The van der Waals surface area contributed by atoms with Crippen molar-refractivity contribution in [2.24, 2.45) is 0 Å². The van der Waals surface area contributed by atoms with Gasteiger partial charge in [0.25, 0.3) is 11.8 Å². The number of rotatable bonds is 5. The molecular weight excluding hydrogens is 406 g/mol. The lowest BCUT2D eigenvalue weighted by Crippen LogP contribution is -2.47. The van der Waals surface area contributed by atoms with Crippen LogP contribution in [0.1, 0.15) is 23.2 Å². The fourth-order valence-electron chi connectivity index (χ4n) is 3.04.